The summed E-state index contributed by atoms with van der Waals surface area (Å²) < 4.78 is 1.76. The van der Waals surface area contributed by atoms with Gasteiger partial charge < -0.3 is 0 Å². The first-order valence-electron chi connectivity index (χ1n) is 5.98. The van der Waals surface area contributed by atoms with E-state index in [1.165, 1.54) is 0 Å². The molecule has 0 aromatic carbocycles. The summed E-state index contributed by atoms with van der Waals surface area (Å²) in [4.78, 5) is 8.92. The minimum Gasteiger partial charge on any atom is -0.233 e. The van der Waals surface area contributed by atoms with E-state index in [9.17, 15) is 0 Å². The average Bonchev–Trinajstić information content (AvgIpc) is 2.67. The van der Waals surface area contributed by atoms with Gasteiger partial charge in [-0.05, 0) is 37.5 Å². The Kier molecular flexibility index (Phi) is 3.66. The SMILES string of the molecule is Cc1nc(C)n(-c2cc(CCl)cc(C(C)C)n2)n1. The Morgan fingerprint density at radius 2 is 1.94 bits per heavy atom. The number of hydrogen-bond acceptors (Lipinski definition) is 3. The molecule has 0 aliphatic carbocycles. The Hall–Kier alpha value is -1.42. The van der Waals surface area contributed by atoms with Gasteiger partial charge in [0.25, 0.3) is 0 Å². The first kappa shape index (κ1) is 13.0. The molecule has 0 radical (unpaired) electrons. The highest BCUT2D eigenvalue weighted by Gasteiger charge is 2.11. The Morgan fingerprint density at radius 1 is 1.22 bits per heavy atom. The van der Waals surface area contributed by atoms with Crippen molar-refractivity contribution in [2.24, 2.45) is 0 Å². The Morgan fingerprint density at radius 3 is 2.44 bits per heavy atom. The molecule has 0 bridgehead atoms. The van der Waals surface area contributed by atoms with Crippen molar-refractivity contribution in [3.8, 4) is 5.82 Å². The molecule has 0 unspecified atom stereocenters. The molecule has 2 aromatic heterocycles. The summed E-state index contributed by atoms with van der Waals surface area (Å²) in [5.41, 5.74) is 2.08. The van der Waals surface area contributed by atoms with E-state index < -0.39 is 0 Å². The highest BCUT2D eigenvalue weighted by atomic mass is 35.5. The molecule has 2 rings (SSSR count). The van der Waals surface area contributed by atoms with Crippen LogP contribution in [0.1, 0.15) is 42.7 Å². The lowest BCUT2D eigenvalue weighted by molar-refractivity contribution is 0.762. The molecular weight excluding hydrogens is 248 g/mol. The van der Waals surface area contributed by atoms with Gasteiger partial charge in [0, 0.05) is 11.6 Å². The summed E-state index contributed by atoms with van der Waals surface area (Å²) in [6, 6.07) is 4.00. The Balaban J connectivity index is 2.56. The van der Waals surface area contributed by atoms with Crippen molar-refractivity contribution < 1.29 is 0 Å². The lowest BCUT2D eigenvalue weighted by Gasteiger charge is -2.10. The molecule has 5 heteroatoms. The highest BCUT2D eigenvalue weighted by molar-refractivity contribution is 6.17. The third kappa shape index (κ3) is 2.53. The predicted molar refractivity (Wildman–Crippen MR) is 72.3 cm³/mol. The van der Waals surface area contributed by atoms with Gasteiger partial charge in [-0.3, -0.25) is 0 Å². The van der Waals surface area contributed by atoms with Crippen molar-refractivity contribution in [2.45, 2.75) is 39.5 Å². The zero-order chi connectivity index (χ0) is 13.3. The number of rotatable bonds is 3. The summed E-state index contributed by atoms with van der Waals surface area (Å²) in [5, 5.41) is 4.36. The van der Waals surface area contributed by atoms with E-state index in [4.69, 9.17) is 11.6 Å². The van der Waals surface area contributed by atoms with Crippen LogP contribution in [0.3, 0.4) is 0 Å². The van der Waals surface area contributed by atoms with Crippen LogP contribution in [-0.2, 0) is 5.88 Å². The van der Waals surface area contributed by atoms with Crippen molar-refractivity contribution in [1.29, 1.82) is 0 Å². The van der Waals surface area contributed by atoms with E-state index in [1.807, 2.05) is 26.0 Å². The molecule has 96 valence electrons. The lowest BCUT2D eigenvalue weighted by atomic mass is 10.1. The van der Waals surface area contributed by atoms with E-state index >= 15 is 0 Å². The second-order valence-corrected chi connectivity index (χ2v) is 4.93. The van der Waals surface area contributed by atoms with Crippen molar-refractivity contribution in [1.82, 2.24) is 19.7 Å². The number of aryl methyl sites for hydroxylation is 2. The molecule has 18 heavy (non-hydrogen) atoms. The van der Waals surface area contributed by atoms with Gasteiger partial charge in [-0.1, -0.05) is 13.8 Å². The summed E-state index contributed by atoms with van der Waals surface area (Å²) in [6.07, 6.45) is 0. The van der Waals surface area contributed by atoms with Crippen LogP contribution in [0, 0.1) is 13.8 Å². The molecule has 0 atom stereocenters. The normalized spacial score (nSPS) is 11.2. The summed E-state index contributed by atoms with van der Waals surface area (Å²) in [5.74, 6) is 3.20. The smallest absolute Gasteiger partial charge is 0.156 e. The van der Waals surface area contributed by atoms with Crippen molar-refractivity contribution in [2.75, 3.05) is 0 Å². The molecule has 0 aliphatic rings. The van der Waals surface area contributed by atoms with Crippen molar-refractivity contribution >= 4 is 11.6 Å². The van der Waals surface area contributed by atoms with Gasteiger partial charge in [0.2, 0.25) is 0 Å². The first-order valence-corrected chi connectivity index (χ1v) is 6.52. The summed E-state index contributed by atoms with van der Waals surface area (Å²) in [7, 11) is 0. The zero-order valence-electron chi connectivity index (χ0n) is 11.1. The van der Waals surface area contributed by atoms with Gasteiger partial charge in [0.15, 0.2) is 5.82 Å². The highest BCUT2D eigenvalue weighted by Crippen LogP contribution is 2.18. The van der Waals surface area contributed by atoms with E-state index in [1.54, 1.807) is 4.68 Å². The van der Waals surface area contributed by atoms with E-state index in [2.05, 4.69) is 28.9 Å². The van der Waals surface area contributed by atoms with Crippen molar-refractivity contribution in [3.05, 3.63) is 35.0 Å². The third-order valence-corrected chi connectivity index (χ3v) is 3.04. The number of aromatic nitrogens is 4. The minimum absolute atomic E-state index is 0.358. The van der Waals surface area contributed by atoms with Crippen LogP contribution in [0.4, 0.5) is 0 Å². The molecule has 2 heterocycles. The maximum atomic E-state index is 5.93. The van der Waals surface area contributed by atoms with E-state index in [0.29, 0.717) is 11.8 Å². The molecule has 0 amide bonds. The summed E-state index contributed by atoms with van der Waals surface area (Å²) >= 11 is 5.93. The second-order valence-electron chi connectivity index (χ2n) is 4.66. The number of nitrogens with zero attached hydrogens (tertiary/aromatic N) is 4. The van der Waals surface area contributed by atoms with Gasteiger partial charge in [-0.2, -0.15) is 4.68 Å². The third-order valence-electron chi connectivity index (χ3n) is 2.73. The maximum Gasteiger partial charge on any atom is 0.156 e. The van der Waals surface area contributed by atoms with Crippen LogP contribution in [0.25, 0.3) is 5.82 Å². The van der Waals surface area contributed by atoms with Crippen LogP contribution in [-0.4, -0.2) is 19.7 Å². The minimum atomic E-state index is 0.358. The fourth-order valence-corrected chi connectivity index (χ4v) is 1.97. The molecule has 0 N–H and O–H groups in total. The Bertz CT molecular complexity index is 560. The molecule has 0 saturated heterocycles. The maximum absolute atomic E-state index is 5.93. The van der Waals surface area contributed by atoms with Crippen LogP contribution in [0.5, 0.6) is 0 Å². The molecule has 0 aliphatic heterocycles. The van der Waals surface area contributed by atoms with Crippen molar-refractivity contribution in [3.63, 3.8) is 0 Å². The van der Waals surface area contributed by atoms with Crippen LogP contribution in [0.2, 0.25) is 0 Å². The zero-order valence-corrected chi connectivity index (χ0v) is 11.9. The second kappa shape index (κ2) is 5.06. The molecular formula is C13H17ClN4. The molecule has 0 fully saturated rings. The van der Waals surface area contributed by atoms with E-state index in [0.717, 1.165) is 28.7 Å². The van der Waals surface area contributed by atoms with Gasteiger partial charge in [0.1, 0.15) is 11.6 Å². The first-order chi connectivity index (χ1) is 8.51. The molecule has 0 saturated carbocycles. The van der Waals surface area contributed by atoms with Gasteiger partial charge >= 0.3 is 0 Å². The van der Waals surface area contributed by atoms with Crippen LogP contribution < -0.4 is 0 Å². The monoisotopic (exact) mass is 264 g/mol. The van der Waals surface area contributed by atoms with Crippen LogP contribution >= 0.6 is 11.6 Å². The van der Waals surface area contributed by atoms with E-state index in [-0.39, 0.29) is 0 Å². The molecule has 2 aromatic rings. The quantitative estimate of drug-likeness (QED) is 0.800. The topological polar surface area (TPSA) is 43.6 Å². The van der Waals surface area contributed by atoms with Gasteiger partial charge in [-0.25, -0.2) is 9.97 Å². The lowest BCUT2D eigenvalue weighted by Crippen LogP contribution is -2.06. The van der Waals surface area contributed by atoms with Crippen LogP contribution in [0.15, 0.2) is 12.1 Å². The fourth-order valence-electron chi connectivity index (χ4n) is 1.81. The number of pyridine rings is 1. The predicted octanol–water partition coefficient (Wildman–Crippen LogP) is 3.14. The van der Waals surface area contributed by atoms with Gasteiger partial charge in [-0.15, -0.1) is 16.7 Å². The summed E-state index contributed by atoms with van der Waals surface area (Å²) in [6.45, 7) is 8.02. The molecule has 0 spiro atoms. The fraction of sp³-hybridized carbons (Fsp3) is 0.462. The number of hydrogen-bond donors (Lipinski definition) is 0. The number of alkyl halides is 1. The standard InChI is InChI=1S/C13H17ClN4/c1-8(2)12-5-11(7-14)6-13(16-12)18-10(4)15-9(3)17-18/h5-6,8H,7H2,1-4H3. The Labute approximate surface area is 112 Å². The van der Waals surface area contributed by atoms with Gasteiger partial charge in [0.05, 0.1) is 0 Å². The largest absolute Gasteiger partial charge is 0.233 e. The molecule has 4 nitrogen and oxygen atoms in total. The average molecular weight is 265 g/mol. The number of halogens is 1.